The van der Waals surface area contributed by atoms with E-state index in [1.54, 1.807) is 6.07 Å². The van der Waals surface area contributed by atoms with Crippen LogP contribution in [0.1, 0.15) is 11.1 Å². The number of aromatic nitrogens is 1. The summed E-state index contributed by atoms with van der Waals surface area (Å²) >= 11 is 0. The average Bonchev–Trinajstić information content (AvgIpc) is 2.90. The Hall–Kier alpha value is -2.96. The van der Waals surface area contributed by atoms with Crippen LogP contribution in [-0.2, 0) is 17.4 Å². The molecule has 0 atom stereocenters. The number of hydrogen-bond acceptors (Lipinski definition) is 2. The number of carbonyl (C=O) groups is 1. The molecule has 0 spiro atoms. The van der Waals surface area contributed by atoms with Crippen LogP contribution >= 0.6 is 0 Å². The van der Waals surface area contributed by atoms with Crippen molar-refractivity contribution in [2.75, 3.05) is 0 Å². The largest absolute Gasteiger partial charge is 0.507 e. The van der Waals surface area contributed by atoms with E-state index in [-0.39, 0.29) is 23.3 Å². The molecule has 0 aliphatic rings. The summed E-state index contributed by atoms with van der Waals surface area (Å²) in [6.45, 7) is 0. The molecule has 0 fully saturated rings. The predicted molar refractivity (Wildman–Crippen MR) is 81.7 cm³/mol. The van der Waals surface area contributed by atoms with Crippen molar-refractivity contribution < 1.29 is 28.2 Å². The lowest BCUT2D eigenvalue weighted by molar-refractivity contribution is -0.138. The van der Waals surface area contributed by atoms with Gasteiger partial charge in [-0.3, -0.25) is 4.79 Å². The van der Waals surface area contributed by atoms with Crippen LogP contribution in [0, 0.1) is 0 Å². The topological polar surface area (TPSA) is 73.3 Å². The van der Waals surface area contributed by atoms with Gasteiger partial charge in [-0.05, 0) is 35.4 Å². The van der Waals surface area contributed by atoms with Gasteiger partial charge in [0.2, 0.25) is 0 Å². The highest BCUT2D eigenvalue weighted by atomic mass is 19.4. The Morgan fingerprint density at radius 3 is 2.58 bits per heavy atom. The zero-order valence-corrected chi connectivity index (χ0v) is 12.2. The number of hydrogen-bond donors (Lipinski definition) is 3. The quantitative estimate of drug-likeness (QED) is 0.672. The molecule has 0 unspecified atom stereocenters. The molecule has 24 heavy (non-hydrogen) atoms. The summed E-state index contributed by atoms with van der Waals surface area (Å²) in [5.41, 5.74) is 0.467. The van der Waals surface area contributed by atoms with Crippen LogP contribution in [0.5, 0.6) is 5.75 Å². The molecule has 0 amide bonds. The van der Waals surface area contributed by atoms with Crippen LogP contribution in [0.3, 0.4) is 0 Å². The number of benzene rings is 2. The van der Waals surface area contributed by atoms with Crippen LogP contribution in [0.25, 0.3) is 22.0 Å². The molecule has 0 saturated carbocycles. The van der Waals surface area contributed by atoms with Crippen molar-refractivity contribution in [3.63, 3.8) is 0 Å². The zero-order chi connectivity index (χ0) is 17.5. The van der Waals surface area contributed by atoms with Crippen LogP contribution in [0.15, 0.2) is 42.6 Å². The summed E-state index contributed by atoms with van der Waals surface area (Å²) in [7, 11) is 0. The van der Waals surface area contributed by atoms with Crippen molar-refractivity contribution in [2.45, 2.75) is 12.6 Å². The molecule has 0 aliphatic carbocycles. The summed E-state index contributed by atoms with van der Waals surface area (Å²) in [5, 5.41) is 19.7. The Labute approximate surface area is 134 Å². The fourth-order valence-corrected chi connectivity index (χ4v) is 2.67. The number of phenolic OH excluding ortho intramolecular Hbond substituents is 1. The minimum Gasteiger partial charge on any atom is -0.507 e. The fourth-order valence-electron chi connectivity index (χ4n) is 2.67. The average molecular weight is 335 g/mol. The molecule has 124 valence electrons. The van der Waals surface area contributed by atoms with Gasteiger partial charge in [0.25, 0.3) is 0 Å². The van der Waals surface area contributed by atoms with Crippen LogP contribution in [0.4, 0.5) is 13.2 Å². The zero-order valence-electron chi connectivity index (χ0n) is 12.2. The molecule has 3 aromatic rings. The number of nitrogens with one attached hydrogen (secondary N) is 1. The lowest BCUT2D eigenvalue weighted by Crippen LogP contribution is -2.04. The Kier molecular flexibility index (Phi) is 3.71. The van der Waals surface area contributed by atoms with Gasteiger partial charge in [0.05, 0.1) is 12.0 Å². The van der Waals surface area contributed by atoms with Crippen molar-refractivity contribution >= 4 is 16.9 Å². The first-order valence-electron chi connectivity index (χ1n) is 6.98. The first kappa shape index (κ1) is 15.9. The van der Waals surface area contributed by atoms with E-state index >= 15 is 0 Å². The number of rotatable bonds is 3. The Bertz CT molecular complexity index is 928. The maximum Gasteiger partial charge on any atom is 0.416 e. The number of H-pyrrole nitrogens is 1. The molecule has 0 saturated heterocycles. The van der Waals surface area contributed by atoms with Crippen molar-refractivity contribution in [3.8, 4) is 16.9 Å². The van der Waals surface area contributed by atoms with Crippen molar-refractivity contribution in [3.05, 3.63) is 53.7 Å². The van der Waals surface area contributed by atoms with Crippen LogP contribution in [-0.4, -0.2) is 21.2 Å². The smallest absolute Gasteiger partial charge is 0.416 e. The van der Waals surface area contributed by atoms with E-state index in [1.165, 1.54) is 24.4 Å². The van der Waals surface area contributed by atoms with Gasteiger partial charge in [0.15, 0.2) is 0 Å². The third-order valence-electron chi connectivity index (χ3n) is 3.74. The first-order chi connectivity index (χ1) is 11.3. The van der Waals surface area contributed by atoms with E-state index in [4.69, 9.17) is 5.11 Å². The number of carboxylic acid groups (broad SMARTS) is 1. The summed E-state index contributed by atoms with van der Waals surface area (Å²) in [5.74, 6) is -1.32. The standard InChI is InChI=1S/C17H12F3NO3/c18-17(19,20)11-3-1-2-9(6-11)12-4-5-13-15(16(12)24)10(8-21-13)7-14(22)23/h1-6,8,21,24H,7H2,(H,22,23). The number of aromatic hydroxyl groups is 1. The normalized spacial score (nSPS) is 11.8. The number of phenols is 1. The number of aliphatic carboxylic acids is 1. The van der Waals surface area contributed by atoms with E-state index in [0.717, 1.165) is 12.1 Å². The Morgan fingerprint density at radius 2 is 1.92 bits per heavy atom. The number of halogens is 3. The van der Waals surface area contributed by atoms with E-state index in [9.17, 15) is 23.1 Å². The lowest BCUT2D eigenvalue weighted by Gasteiger charge is -2.11. The molecule has 2 aromatic carbocycles. The molecule has 0 aliphatic heterocycles. The van der Waals surface area contributed by atoms with Crippen molar-refractivity contribution in [1.82, 2.24) is 4.98 Å². The Morgan fingerprint density at radius 1 is 1.17 bits per heavy atom. The summed E-state index contributed by atoms with van der Waals surface area (Å²) < 4.78 is 38.6. The van der Waals surface area contributed by atoms with Gasteiger partial charge in [-0.1, -0.05) is 12.1 Å². The second kappa shape index (κ2) is 5.59. The highest BCUT2D eigenvalue weighted by molar-refractivity contribution is 5.97. The van der Waals surface area contributed by atoms with Crippen molar-refractivity contribution in [1.29, 1.82) is 0 Å². The third-order valence-corrected chi connectivity index (χ3v) is 3.74. The first-order valence-corrected chi connectivity index (χ1v) is 6.98. The summed E-state index contributed by atoms with van der Waals surface area (Å²) in [6, 6.07) is 7.70. The lowest BCUT2D eigenvalue weighted by atomic mass is 9.98. The van der Waals surface area contributed by atoms with E-state index < -0.39 is 17.7 Å². The second-order valence-corrected chi connectivity index (χ2v) is 5.35. The molecular weight excluding hydrogens is 323 g/mol. The molecule has 0 bridgehead atoms. The minimum atomic E-state index is -4.49. The van der Waals surface area contributed by atoms with Crippen molar-refractivity contribution in [2.24, 2.45) is 0 Å². The highest BCUT2D eigenvalue weighted by Crippen LogP contribution is 2.39. The second-order valence-electron chi connectivity index (χ2n) is 5.35. The molecule has 7 heteroatoms. The van der Waals surface area contributed by atoms with Crippen LogP contribution < -0.4 is 0 Å². The third kappa shape index (κ3) is 2.80. The maximum atomic E-state index is 12.9. The fraction of sp³-hybridized carbons (Fsp3) is 0.118. The monoisotopic (exact) mass is 335 g/mol. The van der Waals surface area contributed by atoms with Gasteiger partial charge < -0.3 is 15.2 Å². The van der Waals surface area contributed by atoms with E-state index in [0.29, 0.717) is 16.5 Å². The van der Waals surface area contributed by atoms with Gasteiger partial charge in [-0.15, -0.1) is 0 Å². The summed E-state index contributed by atoms with van der Waals surface area (Å²) in [6.07, 6.45) is -3.33. The number of carboxylic acids is 1. The summed E-state index contributed by atoms with van der Waals surface area (Å²) in [4.78, 5) is 13.8. The molecule has 3 rings (SSSR count). The number of fused-ring (bicyclic) bond motifs is 1. The minimum absolute atomic E-state index is 0.201. The van der Waals surface area contributed by atoms with E-state index in [1.807, 2.05) is 0 Å². The SMILES string of the molecule is O=C(O)Cc1c[nH]c2ccc(-c3cccc(C(F)(F)F)c3)c(O)c12. The van der Waals surface area contributed by atoms with E-state index in [2.05, 4.69) is 4.98 Å². The van der Waals surface area contributed by atoms with Gasteiger partial charge in [0, 0.05) is 22.7 Å². The van der Waals surface area contributed by atoms with Gasteiger partial charge in [-0.2, -0.15) is 13.2 Å². The Balaban J connectivity index is 2.17. The van der Waals surface area contributed by atoms with Gasteiger partial charge in [-0.25, -0.2) is 0 Å². The van der Waals surface area contributed by atoms with Gasteiger partial charge in [0.1, 0.15) is 5.75 Å². The predicted octanol–water partition coefficient (Wildman–Crippen LogP) is 4.19. The van der Waals surface area contributed by atoms with Crippen LogP contribution in [0.2, 0.25) is 0 Å². The number of aromatic amines is 1. The maximum absolute atomic E-state index is 12.9. The highest BCUT2D eigenvalue weighted by Gasteiger charge is 2.30. The van der Waals surface area contributed by atoms with Gasteiger partial charge >= 0.3 is 12.1 Å². The molecule has 3 N–H and O–H groups in total. The molecule has 0 radical (unpaired) electrons. The number of alkyl halides is 3. The molecule has 1 aromatic heterocycles. The molecule has 4 nitrogen and oxygen atoms in total. The molecular formula is C17H12F3NO3. The molecule has 1 heterocycles.